The van der Waals surface area contributed by atoms with Crippen LogP contribution in [0.4, 0.5) is 5.82 Å². The molecule has 5 nitrogen and oxygen atoms in total. The van der Waals surface area contributed by atoms with E-state index in [0.717, 1.165) is 5.56 Å². The zero-order chi connectivity index (χ0) is 11.5. The maximum atomic E-state index is 11.7. The lowest BCUT2D eigenvalue weighted by Crippen LogP contribution is -2.13. The summed E-state index contributed by atoms with van der Waals surface area (Å²) in [5, 5.41) is 11.9. The molecular weight excluding hydrogens is 208 g/mol. The smallest absolute Gasteiger partial charge is 0.292 e. The summed E-state index contributed by atoms with van der Waals surface area (Å²) < 4.78 is 5.02. The summed E-state index contributed by atoms with van der Waals surface area (Å²) in [7, 11) is 0. The molecule has 0 unspecified atom stereocenters. The first-order valence-electron chi connectivity index (χ1n) is 4.68. The molecule has 0 aliphatic carbocycles. The topological polar surface area (TPSA) is 75.4 Å². The summed E-state index contributed by atoms with van der Waals surface area (Å²) in [4.78, 5) is 15.5. The Morgan fingerprint density at radius 2 is 2.31 bits per heavy atom. The Bertz CT molecular complexity index is 519. The molecule has 0 aliphatic heterocycles. The summed E-state index contributed by atoms with van der Waals surface area (Å²) in [6.07, 6.45) is 2.91. The Balaban J connectivity index is 2.21. The molecule has 0 saturated heterocycles. The van der Waals surface area contributed by atoms with Gasteiger partial charge in [0.05, 0.1) is 6.26 Å². The molecule has 82 valence electrons. The first-order chi connectivity index (χ1) is 7.68. The molecule has 2 heterocycles. The average Bonchev–Trinajstić information content (AvgIpc) is 2.68. The van der Waals surface area contributed by atoms with Crippen molar-refractivity contribution in [2.45, 2.75) is 6.92 Å². The van der Waals surface area contributed by atoms with Gasteiger partial charge in [-0.05, 0) is 25.1 Å². The Kier molecular flexibility index (Phi) is 2.59. The highest BCUT2D eigenvalue weighted by atomic mass is 16.3. The number of pyridine rings is 1. The van der Waals surface area contributed by atoms with Gasteiger partial charge in [0.2, 0.25) is 0 Å². The SMILES string of the molecule is Cc1ccoc1C(=O)Nc1ncccc1O. The maximum absolute atomic E-state index is 11.7. The van der Waals surface area contributed by atoms with Crippen LogP contribution in [0, 0.1) is 6.92 Å². The number of aryl methyl sites for hydroxylation is 1. The van der Waals surface area contributed by atoms with Gasteiger partial charge in [0.25, 0.3) is 5.91 Å². The van der Waals surface area contributed by atoms with Crippen molar-refractivity contribution in [1.29, 1.82) is 0 Å². The minimum absolute atomic E-state index is 0.0833. The van der Waals surface area contributed by atoms with E-state index < -0.39 is 5.91 Å². The predicted octanol–water partition coefficient (Wildman–Crippen LogP) is 1.94. The molecule has 2 N–H and O–H groups in total. The third-order valence-corrected chi connectivity index (χ3v) is 2.09. The fourth-order valence-corrected chi connectivity index (χ4v) is 1.26. The third kappa shape index (κ3) is 1.88. The maximum Gasteiger partial charge on any atom is 0.292 e. The second kappa shape index (κ2) is 4.06. The van der Waals surface area contributed by atoms with Gasteiger partial charge in [0, 0.05) is 11.8 Å². The lowest BCUT2D eigenvalue weighted by molar-refractivity contribution is 0.0995. The molecule has 2 aromatic rings. The molecule has 0 fully saturated rings. The van der Waals surface area contributed by atoms with Crippen molar-refractivity contribution >= 4 is 11.7 Å². The number of hydrogen-bond donors (Lipinski definition) is 2. The van der Waals surface area contributed by atoms with Gasteiger partial charge >= 0.3 is 0 Å². The van der Waals surface area contributed by atoms with Crippen LogP contribution in [0.2, 0.25) is 0 Å². The van der Waals surface area contributed by atoms with Crippen LogP contribution >= 0.6 is 0 Å². The number of carbonyl (C=O) groups excluding carboxylic acids is 1. The predicted molar refractivity (Wildman–Crippen MR) is 57.3 cm³/mol. The number of nitrogens with zero attached hydrogens (tertiary/aromatic N) is 1. The quantitative estimate of drug-likeness (QED) is 0.807. The van der Waals surface area contributed by atoms with Crippen LogP contribution in [0.3, 0.4) is 0 Å². The summed E-state index contributed by atoms with van der Waals surface area (Å²) in [6.45, 7) is 1.76. The Hall–Kier alpha value is -2.30. The molecule has 0 aliphatic rings. The van der Waals surface area contributed by atoms with Crippen molar-refractivity contribution in [3.63, 3.8) is 0 Å². The van der Waals surface area contributed by atoms with Crippen LogP contribution in [0.5, 0.6) is 5.75 Å². The van der Waals surface area contributed by atoms with E-state index >= 15 is 0 Å². The normalized spacial score (nSPS) is 10.1. The zero-order valence-corrected chi connectivity index (χ0v) is 8.60. The van der Waals surface area contributed by atoms with Crippen LogP contribution < -0.4 is 5.32 Å². The molecule has 0 radical (unpaired) electrons. The van der Waals surface area contributed by atoms with Crippen molar-refractivity contribution in [1.82, 2.24) is 4.98 Å². The molecular formula is C11H10N2O3. The van der Waals surface area contributed by atoms with Gasteiger partial charge in [0.15, 0.2) is 17.3 Å². The Morgan fingerprint density at radius 3 is 2.94 bits per heavy atom. The first-order valence-corrected chi connectivity index (χ1v) is 4.68. The van der Waals surface area contributed by atoms with E-state index in [1.54, 1.807) is 19.1 Å². The molecule has 0 bridgehead atoms. The summed E-state index contributed by atoms with van der Waals surface area (Å²) in [6, 6.07) is 4.70. The number of furan rings is 1. The van der Waals surface area contributed by atoms with Crippen molar-refractivity contribution in [3.05, 3.63) is 42.0 Å². The highest BCUT2D eigenvalue weighted by molar-refractivity contribution is 6.03. The van der Waals surface area contributed by atoms with E-state index in [1.807, 2.05) is 0 Å². The van der Waals surface area contributed by atoms with E-state index in [0.29, 0.717) is 0 Å². The number of amides is 1. The monoisotopic (exact) mass is 218 g/mol. The minimum Gasteiger partial charge on any atom is -0.504 e. The molecule has 5 heteroatoms. The molecule has 2 aromatic heterocycles. The zero-order valence-electron chi connectivity index (χ0n) is 8.60. The highest BCUT2D eigenvalue weighted by Gasteiger charge is 2.14. The van der Waals surface area contributed by atoms with Gasteiger partial charge in [-0.15, -0.1) is 0 Å². The van der Waals surface area contributed by atoms with Gasteiger partial charge in [-0.25, -0.2) is 4.98 Å². The molecule has 0 aromatic carbocycles. The fraction of sp³-hybridized carbons (Fsp3) is 0.0909. The molecule has 0 atom stereocenters. The summed E-state index contributed by atoms with van der Waals surface area (Å²) in [5.74, 6) is -0.190. The van der Waals surface area contributed by atoms with E-state index in [9.17, 15) is 9.90 Å². The summed E-state index contributed by atoms with van der Waals surface area (Å²) >= 11 is 0. The Labute approximate surface area is 91.7 Å². The highest BCUT2D eigenvalue weighted by Crippen LogP contribution is 2.19. The van der Waals surface area contributed by atoms with Gasteiger partial charge < -0.3 is 14.8 Å². The van der Waals surface area contributed by atoms with Crippen LogP contribution in [0.25, 0.3) is 0 Å². The Morgan fingerprint density at radius 1 is 1.50 bits per heavy atom. The molecule has 16 heavy (non-hydrogen) atoms. The minimum atomic E-state index is -0.434. The number of aromatic nitrogens is 1. The number of rotatable bonds is 2. The lowest BCUT2D eigenvalue weighted by atomic mass is 10.2. The number of anilines is 1. The van der Waals surface area contributed by atoms with E-state index in [-0.39, 0.29) is 17.3 Å². The number of aromatic hydroxyl groups is 1. The van der Waals surface area contributed by atoms with Crippen molar-refractivity contribution in [2.24, 2.45) is 0 Å². The van der Waals surface area contributed by atoms with Gasteiger partial charge in [0.1, 0.15) is 0 Å². The average molecular weight is 218 g/mol. The van der Waals surface area contributed by atoms with Crippen molar-refractivity contribution in [2.75, 3.05) is 5.32 Å². The molecule has 0 spiro atoms. The second-order valence-electron chi connectivity index (χ2n) is 3.26. The molecule has 0 saturated carbocycles. The van der Waals surface area contributed by atoms with Gasteiger partial charge in [-0.2, -0.15) is 0 Å². The van der Waals surface area contributed by atoms with E-state index in [2.05, 4.69) is 10.3 Å². The van der Waals surface area contributed by atoms with Crippen molar-refractivity contribution in [3.8, 4) is 5.75 Å². The van der Waals surface area contributed by atoms with Crippen LogP contribution in [0.15, 0.2) is 35.1 Å². The van der Waals surface area contributed by atoms with Crippen LogP contribution in [-0.4, -0.2) is 16.0 Å². The van der Waals surface area contributed by atoms with E-state index in [4.69, 9.17) is 4.42 Å². The van der Waals surface area contributed by atoms with Crippen LogP contribution in [0.1, 0.15) is 16.1 Å². The molecule has 2 rings (SSSR count). The van der Waals surface area contributed by atoms with E-state index in [1.165, 1.54) is 18.5 Å². The molecule has 1 amide bonds. The van der Waals surface area contributed by atoms with Crippen molar-refractivity contribution < 1.29 is 14.3 Å². The fourth-order valence-electron chi connectivity index (χ4n) is 1.26. The third-order valence-electron chi connectivity index (χ3n) is 2.09. The second-order valence-corrected chi connectivity index (χ2v) is 3.26. The van der Waals surface area contributed by atoms with Gasteiger partial charge in [-0.1, -0.05) is 0 Å². The first kappa shape index (κ1) is 10.2. The lowest BCUT2D eigenvalue weighted by Gasteiger charge is -2.04. The number of nitrogens with one attached hydrogen (secondary N) is 1. The largest absolute Gasteiger partial charge is 0.504 e. The number of hydrogen-bond acceptors (Lipinski definition) is 4. The van der Waals surface area contributed by atoms with Gasteiger partial charge in [-0.3, -0.25) is 4.79 Å². The number of carbonyl (C=O) groups is 1. The standard InChI is InChI=1S/C11H10N2O3/c1-7-4-6-16-9(7)11(15)13-10-8(14)3-2-5-12-10/h2-6,14H,1H3,(H,12,13,15). The van der Waals surface area contributed by atoms with Crippen LogP contribution in [-0.2, 0) is 0 Å². The summed E-state index contributed by atoms with van der Waals surface area (Å²) in [5.41, 5.74) is 0.730.